The summed E-state index contributed by atoms with van der Waals surface area (Å²) in [6.45, 7) is 1.72. The Bertz CT molecular complexity index is 828. The molecule has 1 aromatic carbocycles. The van der Waals surface area contributed by atoms with Crippen LogP contribution >= 0.6 is 0 Å². The standard InChI is InChI=1S/C13H9FN4O2/c1-8-15-5-6-17(8)13-10(14)7-11(18(19)20)9-3-2-4-16-12(9)13/h2-7H,1H3. The van der Waals surface area contributed by atoms with Crippen LogP contribution in [0, 0.1) is 22.9 Å². The Hall–Kier alpha value is -2.83. The predicted molar refractivity (Wildman–Crippen MR) is 70.2 cm³/mol. The molecular formula is C13H9FN4O2. The van der Waals surface area contributed by atoms with Gasteiger partial charge in [0, 0.05) is 18.6 Å². The maximum absolute atomic E-state index is 14.3. The number of imidazole rings is 1. The number of aryl methyl sites for hydroxylation is 1. The van der Waals surface area contributed by atoms with Crippen LogP contribution in [-0.4, -0.2) is 19.5 Å². The number of nitrogens with zero attached hydrogens (tertiary/aromatic N) is 4. The van der Waals surface area contributed by atoms with Crippen molar-refractivity contribution in [3.63, 3.8) is 0 Å². The Kier molecular flexibility index (Phi) is 2.67. The van der Waals surface area contributed by atoms with Gasteiger partial charge in [-0.1, -0.05) is 0 Å². The molecule has 0 amide bonds. The van der Waals surface area contributed by atoms with Crippen molar-refractivity contribution >= 4 is 16.6 Å². The molecule has 6 nitrogen and oxygen atoms in total. The lowest BCUT2D eigenvalue weighted by atomic mass is 10.1. The van der Waals surface area contributed by atoms with E-state index < -0.39 is 10.7 Å². The number of non-ortho nitro benzene ring substituents is 1. The van der Waals surface area contributed by atoms with E-state index >= 15 is 0 Å². The third-order valence-corrected chi connectivity index (χ3v) is 3.06. The van der Waals surface area contributed by atoms with E-state index in [-0.39, 0.29) is 16.9 Å². The van der Waals surface area contributed by atoms with Crippen LogP contribution in [0.5, 0.6) is 0 Å². The molecule has 100 valence electrons. The molecule has 2 aromatic heterocycles. The number of rotatable bonds is 2. The Morgan fingerprint density at radius 2 is 2.15 bits per heavy atom. The monoisotopic (exact) mass is 272 g/mol. The van der Waals surface area contributed by atoms with Crippen molar-refractivity contribution < 1.29 is 9.31 Å². The van der Waals surface area contributed by atoms with Crippen molar-refractivity contribution in [2.75, 3.05) is 0 Å². The topological polar surface area (TPSA) is 73.8 Å². The van der Waals surface area contributed by atoms with Gasteiger partial charge in [0.15, 0.2) is 5.82 Å². The molecule has 20 heavy (non-hydrogen) atoms. The maximum atomic E-state index is 14.3. The highest BCUT2D eigenvalue weighted by Crippen LogP contribution is 2.31. The highest BCUT2D eigenvalue weighted by molar-refractivity contribution is 5.94. The Morgan fingerprint density at radius 3 is 2.80 bits per heavy atom. The number of aromatic nitrogens is 3. The number of nitro benzene ring substituents is 1. The Labute approximate surface area is 112 Å². The third-order valence-electron chi connectivity index (χ3n) is 3.06. The van der Waals surface area contributed by atoms with Crippen LogP contribution in [-0.2, 0) is 0 Å². The lowest BCUT2D eigenvalue weighted by Gasteiger charge is -2.10. The van der Waals surface area contributed by atoms with Gasteiger partial charge in [0.2, 0.25) is 0 Å². The molecule has 0 bridgehead atoms. The molecule has 0 atom stereocenters. The summed E-state index contributed by atoms with van der Waals surface area (Å²) >= 11 is 0. The van der Waals surface area contributed by atoms with Gasteiger partial charge in [0.1, 0.15) is 17.0 Å². The van der Waals surface area contributed by atoms with Crippen molar-refractivity contribution in [1.29, 1.82) is 0 Å². The van der Waals surface area contributed by atoms with Crippen molar-refractivity contribution in [2.24, 2.45) is 0 Å². The van der Waals surface area contributed by atoms with Crippen molar-refractivity contribution in [2.45, 2.75) is 6.92 Å². The van der Waals surface area contributed by atoms with Crippen LogP contribution in [0.3, 0.4) is 0 Å². The first-order valence-corrected chi connectivity index (χ1v) is 5.81. The summed E-state index contributed by atoms with van der Waals surface area (Å²) in [6.07, 6.45) is 4.60. The number of fused-ring (bicyclic) bond motifs is 1. The van der Waals surface area contributed by atoms with Crippen molar-refractivity contribution in [3.05, 3.63) is 58.5 Å². The molecule has 0 aliphatic rings. The summed E-state index contributed by atoms with van der Waals surface area (Å²) in [5, 5.41) is 11.3. The molecule has 0 spiro atoms. The second-order valence-corrected chi connectivity index (χ2v) is 4.23. The summed E-state index contributed by atoms with van der Waals surface area (Å²) < 4.78 is 15.8. The van der Waals surface area contributed by atoms with Crippen LogP contribution in [0.4, 0.5) is 10.1 Å². The first kappa shape index (κ1) is 12.2. The van der Waals surface area contributed by atoms with E-state index in [0.29, 0.717) is 11.2 Å². The highest BCUT2D eigenvalue weighted by atomic mass is 19.1. The van der Waals surface area contributed by atoms with Crippen LogP contribution in [0.2, 0.25) is 0 Å². The van der Waals surface area contributed by atoms with Gasteiger partial charge in [-0.15, -0.1) is 0 Å². The van der Waals surface area contributed by atoms with E-state index in [1.165, 1.54) is 17.0 Å². The van der Waals surface area contributed by atoms with Crippen LogP contribution in [0.15, 0.2) is 36.8 Å². The molecule has 0 fully saturated rings. The second kappa shape index (κ2) is 4.37. The predicted octanol–water partition coefficient (Wildman–Crippen LogP) is 2.78. The molecule has 3 aromatic rings. The van der Waals surface area contributed by atoms with E-state index in [2.05, 4.69) is 9.97 Å². The number of nitro groups is 1. The minimum atomic E-state index is -0.705. The van der Waals surface area contributed by atoms with Crippen molar-refractivity contribution in [3.8, 4) is 5.69 Å². The van der Waals surface area contributed by atoms with E-state index in [0.717, 1.165) is 6.07 Å². The van der Waals surface area contributed by atoms with Gasteiger partial charge in [0.25, 0.3) is 5.69 Å². The average molecular weight is 272 g/mol. The van der Waals surface area contributed by atoms with Crippen LogP contribution in [0.1, 0.15) is 5.82 Å². The minimum absolute atomic E-state index is 0.168. The van der Waals surface area contributed by atoms with Gasteiger partial charge in [-0.05, 0) is 19.1 Å². The van der Waals surface area contributed by atoms with E-state index in [1.54, 1.807) is 25.3 Å². The smallest absolute Gasteiger partial charge is 0.281 e. The number of halogens is 1. The fourth-order valence-corrected chi connectivity index (χ4v) is 2.17. The number of hydrogen-bond acceptors (Lipinski definition) is 4. The normalized spacial score (nSPS) is 10.9. The molecule has 0 unspecified atom stereocenters. The van der Waals surface area contributed by atoms with Crippen LogP contribution in [0.25, 0.3) is 16.6 Å². The number of hydrogen-bond donors (Lipinski definition) is 0. The molecule has 2 heterocycles. The van der Waals surface area contributed by atoms with Gasteiger partial charge in [-0.3, -0.25) is 19.7 Å². The second-order valence-electron chi connectivity index (χ2n) is 4.23. The minimum Gasteiger partial charge on any atom is -0.299 e. The summed E-state index contributed by atoms with van der Waals surface area (Å²) in [7, 11) is 0. The molecule has 0 N–H and O–H groups in total. The lowest BCUT2D eigenvalue weighted by Crippen LogP contribution is -2.03. The SMILES string of the molecule is Cc1nccn1-c1c(F)cc([N+](=O)[O-])c2cccnc12. The van der Waals surface area contributed by atoms with E-state index in [1.807, 2.05) is 0 Å². The first-order chi connectivity index (χ1) is 9.59. The molecule has 0 aliphatic heterocycles. The zero-order valence-corrected chi connectivity index (χ0v) is 10.4. The molecule has 0 saturated heterocycles. The van der Waals surface area contributed by atoms with Gasteiger partial charge >= 0.3 is 0 Å². The molecule has 7 heteroatoms. The molecular weight excluding hydrogens is 263 g/mol. The molecule has 3 rings (SSSR count). The first-order valence-electron chi connectivity index (χ1n) is 5.81. The van der Waals surface area contributed by atoms with E-state index in [9.17, 15) is 14.5 Å². The maximum Gasteiger partial charge on any atom is 0.281 e. The Balaban J connectivity index is 2.45. The largest absolute Gasteiger partial charge is 0.299 e. The number of benzene rings is 1. The summed E-state index contributed by atoms with van der Waals surface area (Å²) in [6, 6.07) is 4.05. The fraction of sp³-hybridized carbons (Fsp3) is 0.0769. The number of pyridine rings is 1. The fourth-order valence-electron chi connectivity index (χ4n) is 2.17. The third kappa shape index (κ3) is 1.71. The van der Waals surface area contributed by atoms with E-state index in [4.69, 9.17) is 0 Å². The van der Waals surface area contributed by atoms with Crippen molar-refractivity contribution in [1.82, 2.24) is 14.5 Å². The zero-order valence-electron chi connectivity index (χ0n) is 10.4. The summed E-state index contributed by atoms with van der Waals surface area (Å²) in [5.74, 6) is -0.131. The average Bonchev–Trinajstić information content (AvgIpc) is 2.83. The Morgan fingerprint density at radius 1 is 1.35 bits per heavy atom. The molecule has 0 saturated carbocycles. The molecule has 0 aliphatic carbocycles. The van der Waals surface area contributed by atoms with Gasteiger partial charge in [-0.25, -0.2) is 9.37 Å². The molecule has 0 radical (unpaired) electrons. The summed E-state index contributed by atoms with van der Waals surface area (Å²) in [4.78, 5) is 18.5. The highest BCUT2D eigenvalue weighted by Gasteiger charge is 2.21. The van der Waals surface area contributed by atoms with Gasteiger partial charge < -0.3 is 0 Å². The zero-order chi connectivity index (χ0) is 14.3. The van der Waals surface area contributed by atoms with Gasteiger partial charge in [0.05, 0.1) is 16.4 Å². The lowest BCUT2D eigenvalue weighted by molar-refractivity contribution is -0.383. The quantitative estimate of drug-likeness (QED) is 0.531. The van der Waals surface area contributed by atoms with Crippen LogP contribution < -0.4 is 0 Å². The summed E-state index contributed by atoms with van der Waals surface area (Å²) in [5.41, 5.74) is 0.105. The van der Waals surface area contributed by atoms with Gasteiger partial charge in [-0.2, -0.15) is 0 Å².